The molecule has 2 aromatic rings. The monoisotopic (exact) mass is 315 g/mol. The lowest BCUT2D eigenvalue weighted by molar-refractivity contribution is -0.144. The fourth-order valence-corrected chi connectivity index (χ4v) is 3.34. The molecule has 23 heavy (non-hydrogen) atoms. The van der Waals surface area contributed by atoms with E-state index >= 15 is 0 Å². The van der Waals surface area contributed by atoms with Gasteiger partial charge < -0.3 is 9.52 Å². The van der Waals surface area contributed by atoms with Crippen molar-refractivity contribution in [3.63, 3.8) is 0 Å². The molecule has 1 aliphatic heterocycles. The number of furan rings is 1. The molecule has 0 bridgehead atoms. The summed E-state index contributed by atoms with van der Waals surface area (Å²) >= 11 is 0. The van der Waals surface area contributed by atoms with Crippen LogP contribution in [0.25, 0.3) is 11.0 Å². The summed E-state index contributed by atoms with van der Waals surface area (Å²) in [5.74, 6) is -0.458. The Bertz CT molecular complexity index is 734. The van der Waals surface area contributed by atoms with Gasteiger partial charge in [0, 0.05) is 23.9 Å². The molecule has 1 saturated heterocycles. The standard InChI is InChI=1S/C18H21NO4/c1-12-13-6-2-3-8-16(13)23-17(12)15(20)9-11-19-10-5-4-7-14(19)18(21)22/h2-3,6,8,14H,4-5,7,9-11H2,1H3,(H,21,22). The van der Waals surface area contributed by atoms with E-state index < -0.39 is 12.0 Å². The van der Waals surface area contributed by atoms with Crippen molar-refractivity contribution in [2.45, 2.75) is 38.6 Å². The van der Waals surface area contributed by atoms with Crippen LogP contribution < -0.4 is 0 Å². The first-order valence-electron chi connectivity index (χ1n) is 8.06. The Balaban J connectivity index is 1.71. The first-order valence-corrected chi connectivity index (χ1v) is 8.06. The number of ketones is 1. The summed E-state index contributed by atoms with van der Waals surface area (Å²) in [6.07, 6.45) is 2.86. The minimum absolute atomic E-state index is 0.0617. The third kappa shape index (κ3) is 3.15. The van der Waals surface area contributed by atoms with Crippen LogP contribution in [0.4, 0.5) is 0 Å². The molecular formula is C18H21NO4. The van der Waals surface area contributed by atoms with Crippen molar-refractivity contribution in [1.29, 1.82) is 0 Å². The molecule has 0 spiro atoms. The minimum Gasteiger partial charge on any atom is -0.480 e. The normalized spacial score (nSPS) is 19.1. The summed E-state index contributed by atoms with van der Waals surface area (Å²) in [7, 11) is 0. The number of carboxylic acid groups (broad SMARTS) is 1. The second-order valence-corrected chi connectivity index (χ2v) is 6.11. The van der Waals surface area contributed by atoms with E-state index in [1.165, 1.54) is 0 Å². The number of Topliss-reactive ketones (excluding diaryl/α,β-unsaturated/α-hetero) is 1. The number of rotatable bonds is 5. The van der Waals surface area contributed by atoms with Gasteiger partial charge in [0.1, 0.15) is 11.6 Å². The van der Waals surface area contributed by atoms with Gasteiger partial charge in [-0.3, -0.25) is 14.5 Å². The largest absolute Gasteiger partial charge is 0.480 e. The Hall–Kier alpha value is -2.14. The number of hydrogen-bond acceptors (Lipinski definition) is 4. The maximum Gasteiger partial charge on any atom is 0.320 e. The minimum atomic E-state index is -0.794. The topological polar surface area (TPSA) is 70.8 Å². The van der Waals surface area contributed by atoms with Gasteiger partial charge in [-0.05, 0) is 32.4 Å². The highest BCUT2D eigenvalue weighted by molar-refractivity contribution is 6.00. The molecule has 5 nitrogen and oxygen atoms in total. The third-order valence-electron chi connectivity index (χ3n) is 4.62. The van der Waals surface area contributed by atoms with Crippen LogP contribution in [0.1, 0.15) is 41.8 Å². The SMILES string of the molecule is Cc1c(C(=O)CCN2CCCCC2C(=O)O)oc2ccccc12. The number of piperidine rings is 1. The molecule has 0 saturated carbocycles. The first-order chi connectivity index (χ1) is 11.1. The summed E-state index contributed by atoms with van der Waals surface area (Å²) < 4.78 is 5.69. The van der Waals surface area contributed by atoms with Crippen LogP contribution in [0.5, 0.6) is 0 Å². The highest BCUT2D eigenvalue weighted by Gasteiger charge is 2.29. The molecule has 1 aromatic heterocycles. The molecule has 122 valence electrons. The molecule has 0 aliphatic carbocycles. The second kappa shape index (κ2) is 6.54. The molecule has 5 heteroatoms. The van der Waals surface area contributed by atoms with Crippen LogP contribution in [-0.4, -0.2) is 40.9 Å². The zero-order valence-electron chi connectivity index (χ0n) is 13.2. The van der Waals surface area contributed by atoms with Crippen molar-refractivity contribution in [1.82, 2.24) is 4.90 Å². The number of likely N-dealkylation sites (tertiary alicyclic amines) is 1. The Kier molecular flexibility index (Phi) is 4.48. The molecule has 1 aliphatic rings. The number of aryl methyl sites for hydroxylation is 1. The maximum absolute atomic E-state index is 12.5. The first kappa shape index (κ1) is 15.7. The molecule has 1 atom stereocenters. The highest BCUT2D eigenvalue weighted by atomic mass is 16.4. The van der Waals surface area contributed by atoms with Gasteiger partial charge in [0.25, 0.3) is 0 Å². The van der Waals surface area contributed by atoms with E-state index in [0.29, 0.717) is 18.7 Å². The molecule has 1 unspecified atom stereocenters. The smallest absolute Gasteiger partial charge is 0.320 e. The molecule has 0 radical (unpaired) electrons. The average molecular weight is 315 g/mol. The van der Waals surface area contributed by atoms with E-state index in [1.807, 2.05) is 36.1 Å². The van der Waals surface area contributed by atoms with E-state index in [2.05, 4.69) is 0 Å². The molecule has 1 fully saturated rings. The number of carboxylic acids is 1. The lowest BCUT2D eigenvalue weighted by atomic mass is 10.0. The van der Waals surface area contributed by atoms with Crippen molar-refractivity contribution >= 4 is 22.7 Å². The molecule has 1 aromatic carbocycles. The molecule has 3 rings (SSSR count). The summed E-state index contributed by atoms with van der Waals surface area (Å²) in [5.41, 5.74) is 1.58. The van der Waals surface area contributed by atoms with Gasteiger partial charge in [-0.2, -0.15) is 0 Å². The third-order valence-corrected chi connectivity index (χ3v) is 4.62. The summed E-state index contributed by atoms with van der Waals surface area (Å²) in [4.78, 5) is 25.7. The number of nitrogens with zero attached hydrogens (tertiary/aromatic N) is 1. The van der Waals surface area contributed by atoms with Crippen molar-refractivity contribution in [3.05, 3.63) is 35.6 Å². The quantitative estimate of drug-likeness (QED) is 0.858. The Labute approximate surface area is 134 Å². The molecule has 0 amide bonds. The van der Waals surface area contributed by atoms with Crippen molar-refractivity contribution in [3.8, 4) is 0 Å². The van der Waals surface area contributed by atoms with Crippen molar-refractivity contribution in [2.24, 2.45) is 0 Å². The van der Waals surface area contributed by atoms with Crippen LogP contribution >= 0.6 is 0 Å². The van der Waals surface area contributed by atoms with Gasteiger partial charge in [0.2, 0.25) is 0 Å². The molecule has 1 N–H and O–H groups in total. The zero-order chi connectivity index (χ0) is 16.4. The fourth-order valence-electron chi connectivity index (χ4n) is 3.34. The number of benzene rings is 1. The number of aliphatic carboxylic acids is 1. The van der Waals surface area contributed by atoms with E-state index in [9.17, 15) is 14.7 Å². The van der Waals surface area contributed by atoms with Gasteiger partial charge in [-0.1, -0.05) is 24.6 Å². The lowest BCUT2D eigenvalue weighted by Gasteiger charge is -2.32. The highest BCUT2D eigenvalue weighted by Crippen LogP contribution is 2.26. The van der Waals surface area contributed by atoms with Gasteiger partial charge >= 0.3 is 5.97 Å². The van der Waals surface area contributed by atoms with Gasteiger partial charge in [-0.25, -0.2) is 0 Å². The van der Waals surface area contributed by atoms with Crippen LogP contribution in [0.3, 0.4) is 0 Å². The lowest BCUT2D eigenvalue weighted by Crippen LogP contribution is -2.45. The Morgan fingerprint density at radius 3 is 2.83 bits per heavy atom. The Morgan fingerprint density at radius 1 is 1.30 bits per heavy atom. The predicted octanol–water partition coefficient (Wildman–Crippen LogP) is 3.25. The number of para-hydroxylation sites is 1. The van der Waals surface area contributed by atoms with Crippen molar-refractivity contribution in [2.75, 3.05) is 13.1 Å². The van der Waals surface area contributed by atoms with E-state index in [0.717, 1.165) is 35.9 Å². The average Bonchev–Trinajstić information content (AvgIpc) is 2.90. The maximum atomic E-state index is 12.5. The number of carbonyl (C=O) groups is 2. The van der Waals surface area contributed by atoms with Gasteiger partial charge in [0.15, 0.2) is 11.5 Å². The van der Waals surface area contributed by atoms with E-state index in [1.54, 1.807) is 0 Å². The van der Waals surface area contributed by atoms with Gasteiger partial charge in [-0.15, -0.1) is 0 Å². The Morgan fingerprint density at radius 2 is 2.09 bits per heavy atom. The summed E-state index contributed by atoms with van der Waals surface area (Å²) in [6.45, 7) is 3.09. The van der Waals surface area contributed by atoms with Crippen LogP contribution in [0.15, 0.2) is 28.7 Å². The number of hydrogen-bond donors (Lipinski definition) is 1. The second-order valence-electron chi connectivity index (χ2n) is 6.11. The van der Waals surface area contributed by atoms with Crippen molar-refractivity contribution < 1.29 is 19.1 Å². The van der Waals surface area contributed by atoms with Crippen LogP contribution in [-0.2, 0) is 4.79 Å². The number of carbonyl (C=O) groups excluding carboxylic acids is 1. The predicted molar refractivity (Wildman–Crippen MR) is 86.7 cm³/mol. The van der Waals surface area contributed by atoms with Crippen LogP contribution in [0.2, 0.25) is 0 Å². The summed E-state index contributed by atoms with van der Waals surface area (Å²) in [5, 5.41) is 10.2. The fraction of sp³-hybridized carbons (Fsp3) is 0.444. The van der Waals surface area contributed by atoms with E-state index in [-0.39, 0.29) is 12.2 Å². The van der Waals surface area contributed by atoms with Crippen LogP contribution in [0, 0.1) is 6.92 Å². The summed E-state index contributed by atoms with van der Waals surface area (Å²) in [6, 6.07) is 7.13. The van der Waals surface area contributed by atoms with Gasteiger partial charge in [0.05, 0.1) is 0 Å². The number of fused-ring (bicyclic) bond motifs is 1. The zero-order valence-corrected chi connectivity index (χ0v) is 13.2. The molecule has 2 heterocycles. The van der Waals surface area contributed by atoms with E-state index in [4.69, 9.17) is 4.42 Å². The molecular weight excluding hydrogens is 294 g/mol.